The summed E-state index contributed by atoms with van der Waals surface area (Å²) >= 11 is 0. The lowest BCUT2D eigenvalue weighted by Crippen LogP contribution is -2.04. The summed E-state index contributed by atoms with van der Waals surface area (Å²) in [4.78, 5) is 0. The van der Waals surface area contributed by atoms with Gasteiger partial charge in [0, 0.05) is 11.8 Å². The Kier molecular flexibility index (Phi) is 2.78. The van der Waals surface area contributed by atoms with Crippen LogP contribution in [0.1, 0.15) is 31.7 Å². The van der Waals surface area contributed by atoms with Crippen molar-refractivity contribution in [3.63, 3.8) is 0 Å². The van der Waals surface area contributed by atoms with Crippen LogP contribution >= 0.6 is 0 Å². The minimum Gasteiger partial charge on any atom is -0.396 e. The van der Waals surface area contributed by atoms with E-state index < -0.39 is 0 Å². The summed E-state index contributed by atoms with van der Waals surface area (Å²) in [6.45, 7) is 0. The molecule has 1 fully saturated rings. The number of nitrogen functional groups attached to an aromatic ring is 1. The molecule has 0 radical (unpaired) electrons. The number of nitrogens with two attached hydrogens (primary N) is 1. The van der Waals surface area contributed by atoms with Gasteiger partial charge in [-0.25, -0.2) is 4.39 Å². The quantitative estimate of drug-likeness (QED) is 0.881. The predicted octanol–water partition coefficient (Wildman–Crippen LogP) is 3.39. The molecule has 3 nitrogen and oxygen atoms in total. The van der Waals surface area contributed by atoms with Crippen LogP contribution in [0.2, 0.25) is 0 Å². The van der Waals surface area contributed by atoms with Crippen LogP contribution in [0, 0.1) is 5.82 Å². The summed E-state index contributed by atoms with van der Waals surface area (Å²) in [6.07, 6.45) is 6.76. The van der Waals surface area contributed by atoms with Gasteiger partial charge in [-0.1, -0.05) is 12.8 Å². The van der Waals surface area contributed by atoms with E-state index in [1.54, 1.807) is 12.1 Å². The first-order valence-corrected chi connectivity index (χ1v) is 6.34. The zero-order valence-corrected chi connectivity index (χ0v) is 10.1. The maximum Gasteiger partial charge on any atom is 0.123 e. The van der Waals surface area contributed by atoms with Crippen LogP contribution in [-0.4, -0.2) is 9.78 Å². The second kappa shape index (κ2) is 4.44. The Morgan fingerprint density at radius 3 is 2.50 bits per heavy atom. The van der Waals surface area contributed by atoms with Crippen molar-refractivity contribution >= 4 is 5.69 Å². The van der Waals surface area contributed by atoms with Gasteiger partial charge in [-0.05, 0) is 37.1 Å². The third-order valence-corrected chi connectivity index (χ3v) is 3.58. The van der Waals surface area contributed by atoms with Gasteiger partial charge in [0.1, 0.15) is 11.5 Å². The first kappa shape index (κ1) is 11.3. The molecule has 2 aromatic rings. The number of halogens is 1. The van der Waals surface area contributed by atoms with E-state index in [0.717, 1.165) is 11.3 Å². The molecule has 1 aliphatic rings. The van der Waals surface area contributed by atoms with E-state index in [-0.39, 0.29) is 5.82 Å². The second-order valence-corrected chi connectivity index (χ2v) is 4.86. The maximum absolute atomic E-state index is 12.9. The standard InChI is InChI=1S/C14H16FN3/c15-11-7-5-10(6-8-11)14-13(16)9-18(17-14)12-3-1-2-4-12/h5-9,12H,1-4,16H2. The van der Waals surface area contributed by atoms with Crippen molar-refractivity contribution in [2.75, 3.05) is 5.73 Å². The minimum atomic E-state index is -0.243. The van der Waals surface area contributed by atoms with Crippen molar-refractivity contribution in [1.82, 2.24) is 9.78 Å². The van der Waals surface area contributed by atoms with Gasteiger partial charge in [0.05, 0.1) is 11.7 Å². The van der Waals surface area contributed by atoms with Crippen LogP contribution < -0.4 is 5.73 Å². The molecule has 0 saturated heterocycles. The largest absolute Gasteiger partial charge is 0.396 e. The summed E-state index contributed by atoms with van der Waals surface area (Å²) in [7, 11) is 0. The van der Waals surface area contributed by atoms with Crippen molar-refractivity contribution in [3.8, 4) is 11.3 Å². The number of rotatable bonds is 2. The molecule has 94 valence electrons. The van der Waals surface area contributed by atoms with Gasteiger partial charge in [0.2, 0.25) is 0 Å². The lowest BCUT2D eigenvalue weighted by Gasteiger charge is -2.08. The fourth-order valence-electron chi connectivity index (χ4n) is 2.59. The summed E-state index contributed by atoms with van der Waals surface area (Å²) in [6, 6.07) is 6.77. The van der Waals surface area contributed by atoms with Crippen molar-refractivity contribution in [1.29, 1.82) is 0 Å². The van der Waals surface area contributed by atoms with E-state index in [2.05, 4.69) is 5.10 Å². The Labute approximate surface area is 105 Å². The molecule has 1 aliphatic carbocycles. The highest BCUT2D eigenvalue weighted by atomic mass is 19.1. The number of benzene rings is 1. The maximum atomic E-state index is 12.9. The monoisotopic (exact) mass is 245 g/mol. The van der Waals surface area contributed by atoms with Gasteiger partial charge in [0.25, 0.3) is 0 Å². The van der Waals surface area contributed by atoms with Crippen molar-refractivity contribution < 1.29 is 4.39 Å². The SMILES string of the molecule is Nc1cn(C2CCCC2)nc1-c1ccc(F)cc1. The number of anilines is 1. The third kappa shape index (κ3) is 1.98. The van der Waals surface area contributed by atoms with Crippen LogP contribution in [0.4, 0.5) is 10.1 Å². The van der Waals surface area contributed by atoms with Crippen LogP contribution in [0.15, 0.2) is 30.5 Å². The fraction of sp³-hybridized carbons (Fsp3) is 0.357. The molecule has 2 N–H and O–H groups in total. The Morgan fingerprint density at radius 1 is 1.17 bits per heavy atom. The molecule has 0 aliphatic heterocycles. The lowest BCUT2D eigenvalue weighted by molar-refractivity contribution is 0.468. The minimum absolute atomic E-state index is 0.243. The van der Waals surface area contributed by atoms with Gasteiger partial charge >= 0.3 is 0 Å². The number of hydrogen-bond acceptors (Lipinski definition) is 2. The Balaban J connectivity index is 1.94. The molecule has 3 rings (SSSR count). The van der Waals surface area contributed by atoms with E-state index in [4.69, 9.17) is 5.73 Å². The summed E-state index contributed by atoms with van der Waals surface area (Å²) < 4.78 is 14.9. The highest BCUT2D eigenvalue weighted by molar-refractivity contribution is 5.71. The molecule has 0 bridgehead atoms. The fourth-order valence-corrected chi connectivity index (χ4v) is 2.59. The van der Waals surface area contributed by atoms with E-state index >= 15 is 0 Å². The average Bonchev–Trinajstić information content (AvgIpc) is 2.99. The van der Waals surface area contributed by atoms with Gasteiger partial charge in [-0.2, -0.15) is 5.10 Å². The molecule has 1 saturated carbocycles. The summed E-state index contributed by atoms with van der Waals surface area (Å²) in [5.74, 6) is -0.243. The highest BCUT2D eigenvalue weighted by Gasteiger charge is 2.19. The van der Waals surface area contributed by atoms with Crippen molar-refractivity contribution in [2.24, 2.45) is 0 Å². The van der Waals surface area contributed by atoms with Gasteiger partial charge < -0.3 is 5.73 Å². The van der Waals surface area contributed by atoms with E-state index in [9.17, 15) is 4.39 Å². The topological polar surface area (TPSA) is 43.8 Å². The molecule has 0 unspecified atom stereocenters. The molecule has 1 heterocycles. The summed E-state index contributed by atoms with van der Waals surface area (Å²) in [5, 5.41) is 4.56. The first-order valence-electron chi connectivity index (χ1n) is 6.34. The molecule has 1 aromatic heterocycles. The van der Waals surface area contributed by atoms with E-state index in [1.807, 2.05) is 10.9 Å². The zero-order chi connectivity index (χ0) is 12.5. The number of nitrogens with zero attached hydrogens (tertiary/aromatic N) is 2. The molecule has 1 aromatic carbocycles. The third-order valence-electron chi connectivity index (χ3n) is 3.58. The Hall–Kier alpha value is -1.84. The molecular weight excluding hydrogens is 229 g/mol. The van der Waals surface area contributed by atoms with Crippen LogP contribution in [-0.2, 0) is 0 Å². The second-order valence-electron chi connectivity index (χ2n) is 4.86. The molecule has 0 atom stereocenters. The van der Waals surface area contributed by atoms with Crippen LogP contribution in [0.5, 0.6) is 0 Å². The van der Waals surface area contributed by atoms with Gasteiger partial charge in [-0.3, -0.25) is 4.68 Å². The molecule has 4 heteroatoms. The molecule has 0 amide bonds. The van der Waals surface area contributed by atoms with E-state index in [1.165, 1.54) is 37.8 Å². The highest BCUT2D eigenvalue weighted by Crippen LogP contribution is 2.32. The lowest BCUT2D eigenvalue weighted by atomic mass is 10.1. The predicted molar refractivity (Wildman–Crippen MR) is 69.5 cm³/mol. The number of aromatic nitrogens is 2. The molecule has 0 spiro atoms. The zero-order valence-electron chi connectivity index (χ0n) is 10.1. The first-order chi connectivity index (χ1) is 8.74. The van der Waals surface area contributed by atoms with Crippen LogP contribution in [0.3, 0.4) is 0 Å². The van der Waals surface area contributed by atoms with Crippen molar-refractivity contribution in [2.45, 2.75) is 31.7 Å². The molecular formula is C14H16FN3. The van der Waals surface area contributed by atoms with Crippen LogP contribution in [0.25, 0.3) is 11.3 Å². The smallest absolute Gasteiger partial charge is 0.123 e. The van der Waals surface area contributed by atoms with Gasteiger partial charge in [-0.15, -0.1) is 0 Å². The normalized spacial score (nSPS) is 16.3. The number of hydrogen-bond donors (Lipinski definition) is 1. The van der Waals surface area contributed by atoms with Gasteiger partial charge in [0.15, 0.2) is 0 Å². The summed E-state index contributed by atoms with van der Waals surface area (Å²) in [5.41, 5.74) is 8.28. The Bertz CT molecular complexity index is 539. The Morgan fingerprint density at radius 2 is 1.83 bits per heavy atom. The average molecular weight is 245 g/mol. The molecule has 18 heavy (non-hydrogen) atoms. The van der Waals surface area contributed by atoms with E-state index in [0.29, 0.717) is 11.7 Å². The van der Waals surface area contributed by atoms with Crippen molar-refractivity contribution in [3.05, 3.63) is 36.3 Å².